The van der Waals surface area contributed by atoms with Crippen molar-refractivity contribution in [3.63, 3.8) is 0 Å². The molecule has 0 bridgehead atoms. The lowest BCUT2D eigenvalue weighted by atomic mass is 10.0. The highest BCUT2D eigenvalue weighted by molar-refractivity contribution is 5.76. The van der Waals surface area contributed by atoms with Gasteiger partial charge in [0.1, 0.15) is 0 Å². The van der Waals surface area contributed by atoms with Crippen LogP contribution in [0, 0.1) is 0 Å². The third-order valence-corrected chi connectivity index (χ3v) is 14.8. The Balaban J connectivity index is 3.45. The first kappa shape index (κ1) is 67.6. The van der Waals surface area contributed by atoms with Gasteiger partial charge in [0, 0.05) is 12.8 Å². The Bertz CT molecular complexity index is 1030. The summed E-state index contributed by atoms with van der Waals surface area (Å²) in [5.41, 5.74) is 0. The van der Waals surface area contributed by atoms with Gasteiger partial charge in [0.2, 0.25) is 5.91 Å². The van der Waals surface area contributed by atoms with Crippen LogP contribution in [0.15, 0.2) is 12.2 Å². The Morgan fingerprint density at radius 2 is 0.667 bits per heavy atom. The van der Waals surface area contributed by atoms with Crippen molar-refractivity contribution in [1.29, 1.82) is 0 Å². The van der Waals surface area contributed by atoms with Crippen molar-refractivity contribution in [2.45, 2.75) is 366 Å². The second kappa shape index (κ2) is 59.2. The normalized spacial score (nSPS) is 12.6. The highest BCUT2D eigenvalue weighted by atomic mass is 16.5. The molecule has 0 aromatic carbocycles. The molecule has 6 heteroatoms. The van der Waals surface area contributed by atoms with Gasteiger partial charge < -0.3 is 20.3 Å². The fourth-order valence-electron chi connectivity index (χ4n) is 9.99. The van der Waals surface area contributed by atoms with Gasteiger partial charge in [-0.2, -0.15) is 0 Å². The van der Waals surface area contributed by atoms with Crippen LogP contribution in [0.3, 0.4) is 0 Å². The zero-order chi connectivity index (χ0) is 50.0. The highest BCUT2D eigenvalue weighted by Gasteiger charge is 2.18. The Morgan fingerprint density at radius 3 is 0.986 bits per heavy atom. The maximum atomic E-state index is 12.5. The number of hydrogen-bond donors (Lipinski definition) is 3. The van der Waals surface area contributed by atoms with E-state index >= 15 is 0 Å². The van der Waals surface area contributed by atoms with Crippen LogP contribution < -0.4 is 5.32 Å². The van der Waals surface area contributed by atoms with E-state index in [1.54, 1.807) is 6.08 Å². The van der Waals surface area contributed by atoms with Crippen LogP contribution >= 0.6 is 0 Å². The van der Waals surface area contributed by atoms with E-state index in [0.29, 0.717) is 19.4 Å². The van der Waals surface area contributed by atoms with Gasteiger partial charge in [0.05, 0.1) is 25.4 Å². The number of aliphatic hydroxyl groups is 2. The average molecular weight is 975 g/mol. The summed E-state index contributed by atoms with van der Waals surface area (Å²) in [5, 5.41) is 23.2. The van der Waals surface area contributed by atoms with Crippen LogP contribution in [0.5, 0.6) is 0 Å². The molecule has 0 saturated heterocycles. The minimum atomic E-state index is -0.853. The van der Waals surface area contributed by atoms with Gasteiger partial charge in [-0.3, -0.25) is 9.59 Å². The third kappa shape index (κ3) is 55.8. The number of aliphatic hydroxyl groups excluding tert-OH is 2. The molecule has 0 fully saturated rings. The molecule has 0 heterocycles. The lowest BCUT2D eigenvalue weighted by Gasteiger charge is -2.20. The Morgan fingerprint density at radius 1 is 0.391 bits per heavy atom. The molecule has 2 unspecified atom stereocenters. The molecule has 0 aliphatic carbocycles. The number of allylic oxidation sites excluding steroid dienone is 1. The zero-order valence-corrected chi connectivity index (χ0v) is 46.8. The minimum Gasteiger partial charge on any atom is -0.466 e. The molecule has 6 nitrogen and oxygen atoms in total. The first-order chi connectivity index (χ1) is 34.0. The number of carbonyl (C=O) groups is 2. The average Bonchev–Trinajstić information content (AvgIpc) is 3.35. The SMILES string of the molecule is CCCCCCCCCCCCCCCCCCCCC/C=C/C(O)C(CO)NC(=O)CCCCCCCCCCCCCCCOC(=O)CCCCCCCCCCCCCCCCCCCC. The maximum Gasteiger partial charge on any atom is 0.305 e. The predicted octanol–water partition coefficient (Wildman–Crippen LogP) is 19.6. The second-order valence-electron chi connectivity index (χ2n) is 21.8. The molecule has 0 aliphatic heterocycles. The lowest BCUT2D eigenvalue weighted by Crippen LogP contribution is -2.45. The summed E-state index contributed by atoms with van der Waals surface area (Å²) in [6.45, 7) is 4.91. The van der Waals surface area contributed by atoms with Gasteiger partial charge >= 0.3 is 5.97 Å². The molecule has 0 aliphatic rings. The highest BCUT2D eigenvalue weighted by Crippen LogP contribution is 2.18. The summed E-state index contributed by atoms with van der Waals surface area (Å²) in [6, 6.07) is -0.637. The van der Waals surface area contributed by atoms with E-state index in [1.165, 1.54) is 270 Å². The minimum absolute atomic E-state index is 0.00135. The van der Waals surface area contributed by atoms with Gasteiger partial charge in [-0.1, -0.05) is 321 Å². The largest absolute Gasteiger partial charge is 0.466 e. The topological polar surface area (TPSA) is 95.9 Å². The molecule has 0 radical (unpaired) electrons. The van der Waals surface area contributed by atoms with Crippen LogP contribution in [0.1, 0.15) is 354 Å². The number of ether oxygens (including phenoxy) is 1. The quantitative estimate of drug-likeness (QED) is 0.0321. The summed E-state index contributed by atoms with van der Waals surface area (Å²) in [5.74, 6) is -0.0779. The molecule has 1 amide bonds. The molecule has 0 saturated carbocycles. The molecule has 3 N–H and O–H groups in total. The van der Waals surface area contributed by atoms with E-state index in [9.17, 15) is 19.8 Å². The van der Waals surface area contributed by atoms with Crippen molar-refractivity contribution in [1.82, 2.24) is 5.32 Å². The first-order valence-corrected chi connectivity index (χ1v) is 31.5. The van der Waals surface area contributed by atoms with Crippen LogP contribution in [0.25, 0.3) is 0 Å². The Hall–Kier alpha value is -1.40. The summed E-state index contributed by atoms with van der Waals surface area (Å²) in [4.78, 5) is 24.6. The molecule has 2 atom stereocenters. The summed E-state index contributed by atoms with van der Waals surface area (Å²) in [6.07, 6.45) is 71.0. The summed E-state index contributed by atoms with van der Waals surface area (Å²) < 4.78 is 5.49. The maximum absolute atomic E-state index is 12.5. The number of esters is 1. The van der Waals surface area contributed by atoms with E-state index in [4.69, 9.17) is 4.74 Å². The number of nitrogens with one attached hydrogen (secondary N) is 1. The van der Waals surface area contributed by atoms with E-state index in [0.717, 1.165) is 57.8 Å². The summed E-state index contributed by atoms with van der Waals surface area (Å²) >= 11 is 0. The van der Waals surface area contributed by atoms with Crippen molar-refractivity contribution in [3.8, 4) is 0 Å². The first-order valence-electron chi connectivity index (χ1n) is 31.5. The Labute approximate surface area is 431 Å². The van der Waals surface area contributed by atoms with E-state index in [-0.39, 0.29) is 18.5 Å². The monoisotopic (exact) mass is 974 g/mol. The van der Waals surface area contributed by atoms with Crippen LogP contribution in [-0.2, 0) is 14.3 Å². The standard InChI is InChI=1S/C63H123NO5/c1-3-5-7-9-11-13-15-17-19-21-23-24-25-26-28-31-35-39-43-47-51-55-61(66)60(59-65)64-62(67)56-52-48-44-40-36-32-30-34-38-42-46-50-54-58-69-63(68)57-53-49-45-41-37-33-29-27-22-20-18-16-14-12-10-8-6-4-2/h51,55,60-61,65-66H,3-50,52-54,56-59H2,1-2H3,(H,64,67)/b55-51+. The molecule has 0 rings (SSSR count). The zero-order valence-electron chi connectivity index (χ0n) is 46.8. The Kier molecular flexibility index (Phi) is 58.0. The molecular formula is C63H123NO5. The van der Waals surface area contributed by atoms with Gasteiger partial charge in [0.25, 0.3) is 0 Å². The fourth-order valence-corrected chi connectivity index (χ4v) is 9.99. The number of hydrogen-bond acceptors (Lipinski definition) is 5. The van der Waals surface area contributed by atoms with E-state index in [2.05, 4.69) is 19.2 Å². The van der Waals surface area contributed by atoms with Crippen LogP contribution in [0.4, 0.5) is 0 Å². The number of rotatable bonds is 59. The van der Waals surface area contributed by atoms with Gasteiger partial charge in [-0.25, -0.2) is 0 Å². The van der Waals surface area contributed by atoms with Crippen LogP contribution in [0.2, 0.25) is 0 Å². The molecule has 69 heavy (non-hydrogen) atoms. The van der Waals surface area contributed by atoms with E-state index < -0.39 is 12.1 Å². The molecule has 0 spiro atoms. The predicted molar refractivity (Wildman–Crippen MR) is 301 cm³/mol. The molecule has 0 aromatic heterocycles. The number of amides is 1. The third-order valence-electron chi connectivity index (χ3n) is 14.8. The van der Waals surface area contributed by atoms with Crippen molar-refractivity contribution < 1.29 is 24.5 Å². The van der Waals surface area contributed by atoms with Gasteiger partial charge in [-0.05, 0) is 32.1 Å². The molecule has 410 valence electrons. The number of carbonyl (C=O) groups excluding carboxylic acids is 2. The second-order valence-corrected chi connectivity index (χ2v) is 21.8. The van der Waals surface area contributed by atoms with Crippen molar-refractivity contribution >= 4 is 11.9 Å². The van der Waals surface area contributed by atoms with Crippen molar-refractivity contribution in [2.24, 2.45) is 0 Å². The lowest BCUT2D eigenvalue weighted by molar-refractivity contribution is -0.143. The molecular weight excluding hydrogens is 851 g/mol. The smallest absolute Gasteiger partial charge is 0.305 e. The van der Waals surface area contributed by atoms with Gasteiger partial charge in [-0.15, -0.1) is 0 Å². The van der Waals surface area contributed by atoms with Crippen molar-refractivity contribution in [2.75, 3.05) is 13.2 Å². The van der Waals surface area contributed by atoms with E-state index in [1.807, 2.05) is 6.08 Å². The summed E-state index contributed by atoms with van der Waals surface area (Å²) in [7, 11) is 0. The number of unbranched alkanes of at least 4 members (excludes halogenated alkanes) is 48. The molecule has 0 aromatic rings. The van der Waals surface area contributed by atoms with Crippen molar-refractivity contribution in [3.05, 3.63) is 12.2 Å². The fraction of sp³-hybridized carbons (Fsp3) is 0.937. The van der Waals surface area contributed by atoms with Crippen LogP contribution in [-0.4, -0.2) is 47.4 Å². The van der Waals surface area contributed by atoms with Gasteiger partial charge in [0.15, 0.2) is 0 Å².